The molecule has 2 unspecified atom stereocenters. The van der Waals surface area contributed by atoms with Gasteiger partial charge in [0.15, 0.2) is 0 Å². The maximum absolute atomic E-state index is 9.68. The van der Waals surface area contributed by atoms with E-state index in [-0.39, 0.29) is 17.3 Å². The van der Waals surface area contributed by atoms with Crippen molar-refractivity contribution in [2.45, 2.75) is 56.5 Å². The molecule has 3 rings (SSSR count). The van der Waals surface area contributed by atoms with Gasteiger partial charge in [-0.2, -0.15) is 0 Å². The summed E-state index contributed by atoms with van der Waals surface area (Å²) in [5.74, 6) is 0.418. The molecular formula is C11H18O3. The van der Waals surface area contributed by atoms with E-state index >= 15 is 0 Å². The van der Waals surface area contributed by atoms with Crippen LogP contribution in [-0.2, 0) is 9.47 Å². The molecule has 0 amide bonds. The minimum Gasteiger partial charge on any atom is -0.393 e. The summed E-state index contributed by atoms with van der Waals surface area (Å²) in [6.45, 7) is 5.11. The molecule has 2 heterocycles. The van der Waals surface area contributed by atoms with E-state index in [9.17, 15) is 5.11 Å². The van der Waals surface area contributed by atoms with E-state index in [0.29, 0.717) is 12.0 Å². The molecule has 1 saturated carbocycles. The van der Waals surface area contributed by atoms with E-state index in [1.54, 1.807) is 0 Å². The van der Waals surface area contributed by atoms with E-state index < -0.39 is 0 Å². The number of hydrogen-bond acceptors (Lipinski definition) is 3. The smallest absolute Gasteiger partial charge is 0.0972 e. The molecule has 1 N–H and O–H groups in total. The minimum atomic E-state index is -0.144. The molecule has 2 aliphatic heterocycles. The first-order valence-corrected chi connectivity index (χ1v) is 5.53. The predicted octanol–water partition coefficient (Wildman–Crippen LogP) is 1.09. The number of aliphatic hydroxyl groups is 1. The highest BCUT2D eigenvalue weighted by Gasteiger charge is 2.65. The lowest BCUT2D eigenvalue weighted by molar-refractivity contribution is 0.0362. The van der Waals surface area contributed by atoms with Gasteiger partial charge in [0.1, 0.15) is 0 Å². The largest absolute Gasteiger partial charge is 0.393 e. The summed E-state index contributed by atoms with van der Waals surface area (Å²) in [5.41, 5.74) is 0.0956. The van der Waals surface area contributed by atoms with Gasteiger partial charge in [0.2, 0.25) is 0 Å². The highest BCUT2D eigenvalue weighted by atomic mass is 16.6. The Morgan fingerprint density at radius 1 is 1.36 bits per heavy atom. The molecule has 3 fully saturated rings. The molecule has 3 nitrogen and oxygen atoms in total. The van der Waals surface area contributed by atoms with Crippen LogP contribution in [0.5, 0.6) is 0 Å². The summed E-state index contributed by atoms with van der Waals surface area (Å²) < 4.78 is 11.3. The number of epoxide rings is 2. The van der Waals surface area contributed by atoms with Gasteiger partial charge in [-0.3, -0.25) is 0 Å². The summed E-state index contributed by atoms with van der Waals surface area (Å²) >= 11 is 0. The van der Waals surface area contributed by atoms with Crippen LogP contribution in [0.15, 0.2) is 0 Å². The quantitative estimate of drug-likeness (QED) is 0.642. The molecule has 0 aromatic rings. The Balaban J connectivity index is 1.76. The van der Waals surface area contributed by atoms with Gasteiger partial charge in [0.25, 0.3) is 0 Å². The Kier molecular flexibility index (Phi) is 1.64. The van der Waals surface area contributed by atoms with Crippen LogP contribution in [-0.4, -0.2) is 35.1 Å². The maximum atomic E-state index is 9.68. The normalized spacial score (nSPS) is 54.6. The van der Waals surface area contributed by atoms with E-state index in [1.807, 2.05) is 0 Å². The van der Waals surface area contributed by atoms with Gasteiger partial charge in [-0.05, 0) is 33.1 Å². The Bertz CT molecular complexity index is 257. The number of hydrogen-bond donors (Lipinski definition) is 1. The third kappa shape index (κ3) is 1.23. The molecule has 3 heteroatoms. The molecule has 1 aliphatic carbocycles. The SMILES string of the molecule is CC1(C)OC1[C@H]1C[C@@H](O)CCC12CO2. The van der Waals surface area contributed by atoms with Gasteiger partial charge in [-0.1, -0.05) is 0 Å². The van der Waals surface area contributed by atoms with Crippen molar-refractivity contribution >= 4 is 0 Å². The Hall–Kier alpha value is -0.120. The Labute approximate surface area is 84.4 Å². The number of rotatable bonds is 1. The van der Waals surface area contributed by atoms with Crippen LogP contribution in [0.2, 0.25) is 0 Å². The van der Waals surface area contributed by atoms with E-state index in [2.05, 4.69) is 13.8 Å². The zero-order chi connectivity index (χ0) is 9.97. The zero-order valence-corrected chi connectivity index (χ0v) is 8.82. The van der Waals surface area contributed by atoms with Crippen LogP contribution in [0.3, 0.4) is 0 Å². The molecule has 0 aromatic heterocycles. The summed E-state index contributed by atoms with van der Waals surface area (Å²) in [5, 5.41) is 9.68. The van der Waals surface area contributed by atoms with Crippen LogP contribution in [0.25, 0.3) is 0 Å². The summed E-state index contributed by atoms with van der Waals surface area (Å²) in [6, 6.07) is 0. The van der Waals surface area contributed by atoms with Gasteiger partial charge < -0.3 is 14.6 Å². The highest BCUT2D eigenvalue weighted by Crippen LogP contribution is 2.55. The van der Waals surface area contributed by atoms with Gasteiger partial charge in [0.05, 0.1) is 30.0 Å². The van der Waals surface area contributed by atoms with E-state index in [0.717, 1.165) is 25.9 Å². The third-order valence-electron chi connectivity index (χ3n) is 4.04. The van der Waals surface area contributed by atoms with Gasteiger partial charge in [0, 0.05) is 5.92 Å². The summed E-state index contributed by atoms with van der Waals surface area (Å²) in [4.78, 5) is 0. The Morgan fingerprint density at radius 3 is 2.50 bits per heavy atom. The average Bonchev–Trinajstić information content (AvgIpc) is 2.97. The molecule has 0 aromatic carbocycles. The van der Waals surface area contributed by atoms with Gasteiger partial charge in [-0.15, -0.1) is 0 Å². The molecule has 0 bridgehead atoms. The van der Waals surface area contributed by atoms with Crippen LogP contribution in [0.1, 0.15) is 33.1 Å². The van der Waals surface area contributed by atoms with Crippen molar-refractivity contribution in [2.75, 3.05) is 6.61 Å². The molecule has 0 radical (unpaired) electrons. The Morgan fingerprint density at radius 2 is 2.00 bits per heavy atom. The van der Waals surface area contributed by atoms with Crippen molar-refractivity contribution in [1.82, 2.24) is 0 Å². The van der Waals surface area contributed by atoms with Crippen LogP contribution in [0.4, 0.5) is 0 Å². The predicted molar refractivity (Wildman–Crippen MR) is 51.0 cm³/mol. The van der Waals surface area contributed by atoms with E-state index in [4.69, 9.17) is 9.47 Å². The second-order valence-electron chi connectivity index (χ2n) is 5.53. The van der Waals surface area contributed by atoms with Gasteiger partial charge in [-0.25, -0.2) is 0 Å². The van der Waals surface area contributed by atoms with Crippen molar-refractivity contribution < 1.29 is 14.6 Å². The van der Waals surface area contributed by atoms with Crippen LogP contribution >= 0.6 is 0 Å². The summed E-state index contributed by atoms with van der Waals surface area (Å²) in [6.07, 6.45) is 2.92. The van der Waals surface area contributed by atoms with Crippen molar-refractivity contribution in [3.63, 3.8) is 0 Å². The number of ether oxygens (including phenoxy) is 2. The first kappa shape index (κ1) is 9.13. The lowest BCUT2D eigenvalue weighted by atomic mass is 9.74. The van der Waals surface area contributed by atoms with Crippen molar-refractivity contribution in [3.8, 4) is 0 Å². The summed E-state index contributed by atoms with van der Waals surface area (Å²) in [7, 11) is 0. The van der Waals surface area contributed by atoms with Crippen molar-refractivity contribution in [3.05, 3.63) is 0 Å². The van der Waals surface area contributed by atoms with Crippen LogP contribution < -0.4 is 0 Å². The first-order chi connectivity index (χ1) is 6.54. The van der Waals surface area contributed by atoms with Crippen molar-refractivity contribution in [2.24, 2.45) is 5.92 Å². The molecule has 80 valence electrons. The van der Waals surface area contributed by atoms with E-state index in [1.165, 1.54) is 0 Å². The second-order valence-corrected chi connectivity index (χ2v) is 5.53. The molecule has 3 aliphatic rings. The second kappa shape index (κ2) is 2.52. The fourth-order valence-corrected chi connectivity index (χ4v) is 2.93. The number of aliphatic hydroxyl groups excluding tert-OH is 1. The lowest BCUT2D eigenvalue weighted by Crippen LogP contribution is -2.39. The topological polar surface area (TPSA) is 45.3 Å². The molecule has 14 heavy (non-hydrogen) atoms. The maximum Gasteiger partial charge on any atom is 0.0972 e. The molecular weight excluding hydrogens is 180 g/mol. The van der Waals surface area contributed by atoms with Crippen molar-refractivity contribution in [1.29, 1.82) is 0 Å². The van der Waals surface area contributed by atoms with Gasteiger partial charge >= 0.3 is 0 Å². The highest BCUT2D eigenvalue weighted by molar-refractivity contribution is 5.12. The molecule has 4 atom stereocenters. The minimum absolute atomic E-state index is 0.0146. The fraction of sp³-hybridized carbons (Fsp3) is 1.00. The standard InChI is InChI=1S/C11H18O3/c1-10(2)9(14-10)8-5-7(12)3-4-11(8)6-13-11/h7-9,12H,3-6H2,1-2H3/t7-,8+,9?,11?/m0/s1. The fourth-order valence-electron chi connectivity index (χ4n) is 2.93. The molecule has 2 saturated heterocycles. The zero-order valence-electron chi connectivity index (χ0n) is 8.82. The lowest BCUT2D eigenvalue weighted by Gasteiger charge is -2.31. The average molecular weight is 198 g/mol. The first-order valence-electron chi connectivity index (χ1n) is 5.53. The molecule has 1 spiro atoms. The monoisotopic (exact) mass is 198 g/mol. The third-order valence-corrected chi connectivity index (χ3v) is 4.04. The van der Waals surface area contributed by atoms with Crippen LogP contribution in [0, 0.1) is 5.92 Å².